The first-order valence-corrected chi connectivity index (χ1v) is 4.48. The summed E-state index contributed by atoms with van der Waals surface area (Å²) in [5.74, 6) is 5.89. The first-order valence-electron chi connectivity index (χ1n) is 4.48. The lowest BCUT2D eigenvalue weighted by atomic mass is 10.1. The molecule has 0 unspecified atom stereocenters. The molecule has 0 atom stereocenters. The van der Waals surface area contributed by atoms with Gasteiger partial charge in [0.2, 0.25) is 0 Å². The monoisotopic (exact) mass is 184 g/mol. The second-order valence-corrected chi connectivity index (χ2v) is 2.72. The Kier molecular flexibility index (Phi) is 6.91. The van der Waals surface area contributed by atoms with Crippen LogP contribution in [-0.2, 0) is 0 Å². The third-order valence-electron chi connectivity index (χ3n) is 1.54. The van der Waals surface area contributed by atoms with Crippen LogP contribution in [0.3, 0.4) is 0 Å². The minimum atomic E-state index is 0.657. The zero-order chi connectivity index (χ0) is 10.8. The van der Waals surface area contributed by atoms with Gasteiger partial charge in [0.05, 0.1) is 0 Å². The fraction of sp³-hybridized carbons (Fsp3) is 0.143. The van der Waals surface area contributed by atoms with E-state index < -0.39 is 0 Å². The fourth-order valence-corrected chi connectivity index (χ4v) is 0.716. The Hall–Kier alpha value is -1.74. The Morgan fingerprint density at radius 2 is 2.07 bits per heavy atom. The molecule has 0 rings (SSSR count). The van der Waals surface area contributed by atoms with Crippen molar-refractivity contribution in [1.29, 1.82) is 0 Å². The van der Waals surface area contributed by atoms with E-state index in [1.807, 2.05) is 31.2 Å². The van der Waals surface area contributed by atoms with Crippen LogP contribution in [0.5, 0.6) is 0 Å². The summed E-state index contributed by atoms with van der Waals surface area (Å²) in [7, 11) is 0. The van der Waals surface area contributed by atoms with Crippen molar-refractivity contribution in [2.24, 2.45) is 0 Å². The van der Waals surface area contributed by atoms with Crippen molar-refractivity contribution in [2.75, 3.05) is 0 Å². The van der Waals surface area contributed by atoms with Gasteiger partial charge in [-0.15, -0.1) is 0 Å². The zero-order valence-electron chi connectivity index (χ0n) is 8.72. The van der Waals surface area contributed by atoms with Crippen molar-refractivity contribution in [3.8, 4) is 11.8 Å². The molecule has 0 nitrogen and oxygen atoms in total. The van der Waals surface area contributed by atoms with Crippen LogP contribution < -0.4 is 0 Å². The maximum atomic E-state index is 3.89. The third-order valence-corrected chi connectivity index (χ3v) is 1.54. The summed E-state index contributed by atoms with van der Waals surface area (Å²) < 4.78 is 0. The summed E-state index contributed by atoms with van der Waals surface area (Å²) in [5, 5.41) is 0. The standard InChI is InChI=1S/C14H16/c1-5-7-9-10-12-14(4)13(3)11-8-6-2/h5-8,11H,2-4,12H2,1H3/b7-5-,11-8-. The number of rotatable bonds is 4. The molecule has 72 valence electrons. The van der Waals surface area contributed by atoms with Crippen molar-refractivity contribution in [1.82, 2.24) is 0 Å². The lowest BCUT2D eigenvalue weighted by Crippen LogP contribution is -1.80. The molecule has 0 aliphatic carbocycles. The lowest BCUT2D eigenvalue weighted by Gasteiger charge is -1.98. The molecule has 0 spiro atoms. The predicted molar refractivity (Wildman–Crippen MR) is 64.8 cm³/mol. The summed E-state index contributed by atoms with van der Waals surface area (Å²) in [4.78, 5) is 0. The molecule has 0 aromatic rings. The molecule has 0 radical (unpaired) electrons. The molecule has 0 heteroatoms. The minimum absolute atomic E-state index is 0.657. The fourth-order valence-electron chi connectivity index (χ4n) is 0.716. The lowest BCUT2D eigenvalue weighted by molar-refractivity contribution is 1.31. The first-order chi connectivity index (χ1) is 6.72. The molecule has 0 saturated heterocycles. The summed E-state index contributed by atoms with van der Waals surface area (Å²) >= 11 is 0. The molecule has 0 aliphatic rings. The zero-order valence-corrected chi connectivity index (χ0v) is 8.72. The maximum Gasteiger partial charge on any atom is 0.0343 e. The summed E-state index contributed by atoms with van der Waals surface area (Å²) in [6.07, 6.45) is 9.81. The molecule has 0 fully saturated rings. The summed E-state index contributed by atoms with van der Waals surface area (Å²) in [6.45, 7) is 13.3. The first kappa shape index (κ1) is 12.3. The number of hydrogen-bond donors (Lipinski definition) is 0. The van der Waals surface area contributed by atoms with Gasteiger partial charge >= 0.3 is 0 Å². The second-order valence-electron chi connectivity index (χ2n) is 2.72. The largest absolute Gasteiger partial charge is 0.0991 e. The van der Waals surface area contributed by atoms with Gasteiger partial charge in [0, 0.05) is 6.42 Å². The van der Waals surface area contributed by atoms with E-state index in [4.69, 9.17) is 0 Å². The molecule has 0 aliphatic heterocycles. The van der Waals surface area contributed by atoms with Crippen molar-refractivity contribution in [2.45, 2.75) is 13.3 Å². The molecule has 0 heterocycles. The predicted octanol–water partition coefficient (Wildman–Crippen LogP) is 3.81. The third kappa shape index (κ3) is 5.85. The van der Waals surface area contributed by atoms with Crippen molar-refractivity contribution in [3.63, 3.8) is 0 Å². The van der Waals surface area contributed by atoms with Gasteiger partial charge in [0.25, 0.3) is 0 Å². The van der Waals surface area contributed by atoms with Gasteiger partial charge in [-0.3, -0.25) is 0 Å². The molecule has 14 heavy (non-hydrogen) atoms. The van der Waals surface area contributed by atoms with E-state index in [1.54, 1.807) is 6.08 Å². The number of allylic oxidation sites excluding steroid dienone is 7. The van der Waals surface area contributed by atoms with Gasteiger partial charge in [-0.25, -0.2) is 0 Å². The van der Waals surface area contributed by atoms with E-state index in [9.17, 15) is 0 Å². The highest BCUT2D eigenvalue weighted by Gasteiger charge is 1.92. The molecule has 0 aromatic carbocycles. The van der Waals surface area contributed by atoms with E-state index in [0.717, 1.165) is 11.1 Å². The Balaban J connectivity index is 4.11. The highest BCUT2D eigenvalue weighted by Crippen LogP contribution is 2.09. The maximum absolute atomic E-state index is 3.89. The van der Waals surface area contributed by atoms with Gasteiger partial charge in [-0.2, -0.15) is 0 Å². The van der Waals surface area contributed by atoms with Crippen LogP contribution in [0.15, 0.2) is 61.3 Å². The average Bonchev–Trinajstić information content (AvgIpc) is 2.20. The molecular weight excluding hydrogens is 168 g/mol. The Morgan fingerprint density at radius 1 is 1.36 bits per heavy atom. The average molecular weight is 184 g/mol. The Morgan fingerprint density at radius 3 is 2.64 bits per heavy atom. The molecular formula is C14H16. The van der Waals surface area contributed by atoms with Gasteiger partial charge < -0.3 is 0 Å². The topological polar surface area (TPSA) is 0 Å². The van der Waals surface area contributed by atoms with E-state index in [2.05, 4.69) is 31.6 Å². The smallest absolute Gasteiger partial charge is 0.0343 e. The van der Waals surface area contributed by atoms with Gasteiger partial charge in [-0.1, -0.05) is 55.9 Å². The van der Waals surface area contributed by atoms with Crippen molar-refractivity contribution < 1.29 is 0 Å². The molecule has 0 saturated carbocycles. The summed E-state index contributed by atoms with van der Waals surface area (Å²) in [5.41, 5.74) is 1.85. The highest BCUT2D eigenvalue weighted by molar-refractivity contribution is 5.39. The quantitative estimate of drug-likeness (QED) is 0.460. The molecule has 0 bridgehead atoms. The second kappa shape index (κ2) is 7.89. The van der Waals surface area contributed by atoms with Crippen LogP contribution in [0.25, 0.3) is 0 Å². The van der Waals surface area contributed by atoms with Crippen molar-refractivity contribution >= 4 is 0 Å². The van der Waals surface area contributed by atoms with E-state index in [0.29, 0.717) is 6.42 Å². The van der Waals surface area contributed by atoms with Crippen LogP contribution in [0.1, 0.15) is 13.3 Å². The minimum Gasteiger partial charge on any atom is -0.0991 e. The van der Waals surface area contributed by atoms with Gasteiger partial charge in [0.1, 0.15) is 0 Å². The van der Waals surface area contributed by atoms with Crippen LogP contribution in [0.2, 0.25) is 0 Å². The SMILES string of the molecule is C=C/C=C\C(=C)C(=C)CC#C/C=C\C. The number of hydrogen-bond acceptors (Lipinski definition) is 0. The van der Waals surface area contributed by atoms with E-state index in [-0.39, 0.29) is 0 Å². The van der Waals surface area contributed by atoms with Crippen LogP contribution in [0, 0.1) is 11.8 Å². The van der Waals surface area contributed by atoms with Gasteiger partial charge in [0.15, 0.2) is 0 Å². The molecule has 0 amide bonds. The van der Waals surface area contributed by atoms with Crippen LogP contribution in [-0.4, -0.2) is 0 Å². The Bertz CT molecular complexity index is 327. The van der Waals surface area contributed by atoms with E-state index >= 15 is 0 Å². The van der Waals surface area contributed by atoms with E-state index in [1.165, 1.54) is 0 Å². The van der Waals surface area contributed by atoms with Crippen LogP contribution in [0.4, 0.5) is 0 Å². The molecule has 0 N–H and O–H groups in total. The Labute approximate surface area is 87.0 Å². The van der Waals surface area contributed by atoms with Crippen LogP contribution >= 0.6 is 0 Å². The highest BCUT2D eigenvalue weighted by atomic mass is 14.0. The normalized spacial score (nSPS) is 9.79. The van der Waals surface area contributed by atoms with Gasteiger partial charge in [-0.05, 0) is 24.1 Å². The summed E-state index contributed by atoms with van der Waals surface area (Å²) in [6, 6.07) is 0. The molecule has 0 aromatic heterocycles. The van der Waals surface area contributed by atoms with Crippen molar-refractivity contribution in [3.05, 3.63) is 61.3 Å².